The van der Waals surface area contributed by atoms with Gasteiger partial charge >= 0.3 is 5.97 Å². The van der Waals surface area contributed by atoms with Crippen molar-refractivity contribution in [2.24, 2.45) is 0 Å². The summed E-state index contributed by atoms with van der Waals surface area (Å²) in [7, 11) is 0. The Morgan fingerprint density at radius 1 is 1.17 bits per heavy atom. The van der Waals surface area contributed by atoms with E-state index in [-0.39, 0.29) is 11.8 Å². The van der Waals surface area contributed by atoms with Gasteiger partial charge in [-0.25, -0.2) is 4.79 Å². The van der Waals surface area contributed by atoms with Crippen LogP contribution in [0.4, 0.5) is 0 Å². The topological polar surface area (TPSA) is 68.3 Å². The molecule has 1 heterocycles. The third kappa shape index (κ3) is 4.91. The molecule has 126 valence electrons. The smallest absolute Gasteiger partial charge is 0.340 e. The van der Waals surface area contributed by atoms with Gasteiger partial charge < -0.3 is 10.1 Å². The normalized spacial score (nSPS) is 12.9. The van der Waals surface area contributed by atoms with Gasteiger partial charge in [0.05, 0.1) is 5.56 Å². The maximum absolute atomic E-state index is 12.2. The van der Waals surface area contributed by atoms with E-state index in [1.807, 2.05) is 30.3 Å². The number of nitrogens with zero attached hydrogens (tertiary/aromatic N) is 1. The molecule has 2 rings (SSSR count). The number of ether oxygens (including phenoxy) is 1. The number of hydrogen-bond acceptors (Lipinski definition) is 4. The molecule has 5 heteroatoms. The summed E-state index contributed by atoms with van der Waals surface area (Å²) in [6.45, 7) is 4.15. The van der Waals surface area contributed by atoms with Crippen LogP contribution in [0.2, 0.25) is 0 Å². The minimum Gasteiger partial charge on any atom is -0.449 e. The van der Waals surface area contributed by atoms with Crippen LogP contribution in [0.5, 0.6) is 0 Å². The van der Waals surface area contributed by atoms with Gasteiger partial charge in [0.25, 0.3) is 5.91 Å². The van der Waals surface area contributed by atoms with Crippen LogP contribution in [0.25, 0.3) is 0 Å². The van der Waals surface area contributed by atoms with Crippen LogP contribution in [0.1, 0.15) is 42.1 Å². The van der Waals surface area contributed by atoms with Crippen LogP contribution < -0.4 is 5.32 Å². The molecule has 2 aromatic rings. The predicted molar refractivity (Wildman–Crippen MR) is 91.6 cm³/mol. The average Bonchev–Trinajstić information content (AvgIpc) is 2.63. The van der Waals surface area contributed by atoms with Gasteiger partial charge in [-0.3, -0.25) is 9.78 Å². The molecule has 0 bridgehead atoms. The first-order valence-electron chi connectivity index (χ1n) is 8.05. The van der Waals surface area contributed by atoms with Crippen LogP contribution in [-0.4, -0.2) is 29.5 Å². The molecule has 1 N–H and O–H groups in total. The van der Waals surface area contributed by atoms with E-state index in [1.165, 1.54) is 11.8 Å². The Hall–Kier alpha value is -2.69. The molecule has 24 heavy (non-hydrogen) atoms. The fourth-order valence-electron chi connectivity index (χ4n) is 2.36. The van der Waals surface area contributed by atoms with E-state index >= 15 is 0 Å². The molecule has 0 saturated carbocycles. The molecule has 0 fully saturated rings. The predicted octanol–water partition coefficient (Wildman–Crippen LogP) is 2.94. The molecule has 0 aliphatic rings. The van der Waals surface area contributed by atoms with Gasteiger partial charge in [-0.1, -0.05) is 37.3 Å². The maximum atomic E-state index is 12.2. The number of rotatable bonds is 7. The monoisotopic (exact) mass is 326 g/mol. The molecular formula is C19H22N2O3. The van der Waals surface area contributed by atoms with E-state index < -0.39 is 12.1 Å². The highest BCUT2D eigenvalue weighted by Crippen LogP contribution is 2.18. The lowest BCUT2D eigenvalue weighted by molar-refractivity contribution is -0.129. The number of aromatic nitrogens is 1. The zero-order valence-electron chi connectivity index (χ0n) is 13.9. The zero-order chi connectivity index (χ0) is 17.4. The fraction of sp³-hybridized carbons (Fsp3) is 0.316. The maximum Gasteiger partial charge on any atom is 0.340 e. The van der Waals surface area contributed by atoms with Gasteiger partial charge in [-0.2, -0.15) is 0 Å². The van der Waals surface area contributed by atoms with Crippen LogP contribution in [0.3, 0.4) is 0 Å². The summed E-state index contributed by atoms with van der Waals surface area (Å²) in [5.41, 5.74) is 1.51. The van der Waals surface area contributed by atoms with Crippen molar-refractivity contribution < 1.29 is 14.3 Å². The van der Waals surface area contributed by atoms with Crippen LogP contribution in [0, 0.1) is 0 Å². The summed E-state index contributed by atoms with van der Waals surface area (Å²) in [5, 5.41) is 2.86. The minimum absolute atomic E-state index is 0.233. The van der Waals surface area contributed by atoms with Crippen molar-refractivity contribution >= 4 is 11.9 Å². The fourth-order valence-corrected chi connectivity index (χ4v) is 2.36. The summed E-state index contributed by atoms with van der Waals surface area (Å²) >= 11 is 0. The quantitative estimate of drug-likeness (QED) is 0.794. The van der Waals surface area contributed by atoms with Crippen molar-refractivity contribution in [2.45, 2.75) is 32.3 Å². The number of esters is 1. The van der Waals surface area contributed by atoms with E-state index in [4.69, 9.17) is 4.74 Å². The standard InChI is InChI=1S/C19H22N2O3/c1-3-15(16-8-5-4-6-9-16)13-21-18(22)14(2)24-19(23)17-10-7-11-20-12-17/h4-12,14-15H,3,13H2,1-2H3,(H,21,22)/t14-,15+/m1/s1. The number of amides is 1. The Morgan fingerprint density at radius 2 is 1.92 bits per heavy atom. The SMILES string of the molecule is CC[C@@H](CNC(=O)[C@@H](C)OC(=O)c1cccnc1)c1ccccc1. The van der Waals surface area contributed by atoms with Crippen LogP contribution >= 0.6 is 0 Å². The third-order valence-corrected chi connectivity index (χ3v) is 3.84. The molecule has 0 aliphatic carbocycles. The van der Waals surface area contributed by atoms with Gasteiger partial charge in [0.15, 0.2) is 6.10 Å². The zero-order valence-corrected chi connectivity index (χ0v) is 13.9. The summed E-state index contributed by atoms with van der Waals surface area (Å²) in [5.74, 6) is -0.626. The van der Waals surface area contributed by atoms with E-state index in [9.17, 15) is 9.59 Å². The molecule has 0 unspecified atom stereocenters. The van der Waals surface area contributed by atoms with Crippen molar-refractivity contribution in [3.05, 3.63) is 66.0 Å². The Kier molecular flexibility index (Phi) is 6.49. The van der Waals surface area contributed by atoms with Crippen molar-refractivity contribution in [1.29, 1.82) is 0 Å². The van der Waals surface area contributed by atoms with Crippen LogP contribution in [0.15, 0.2) is 54.9 Å². The van der Waals surface area contributed by atoms with E-state index in [0.29, 0.717) is 12.1 Å². The number of carbonyl (C=O) groups is 2. The number of nitrogens with one attached hydrogen (secondary N) is 1. The lowest BCUT2D eigenvalue weighted by atomic mass is 9.96. The Bertz CT molecular complexity index is 659. The summed E-state index contributed by atoms with van der Waals surface area (Å²) in [4.78, 5) is 28.0. The highest BCUT2D eigenvalue weighted by molar-refractivity contribution is 5.91. The molecule has 0 saturated heterocycles. The first-order valence-corrected chi connectivity index (χ1v) is 8.05. The lowest BCUT2D eigenvalue weighted by Gasteiger charge is -2.18. The van der Waals surface area contributed by atoms with E-state index in [1.54, 1.807) is 25.3 Å². The molecule has 2 atom stereocenters. The molecular weight excluding hydrogens is 304 g/mol. The summed E-state index contributed by atoms with van der Waals surface area (Å²) < 4.78 is 5.18. The lowest BCUT2D eigenvalue weighted by Crippen LogP contribution is -2.38. The molecule has 1 amide bonds. The number of carbonyl (C=O) groups excluding carboxylic acids is 2. The third-order valence-electron chi connectivity index (χ3n) is 3.84. The van der Waals surface area contributed by atoms with Crippen molar-refractivity contribution in [3.8, 4) is 0 Å². The van der Waals surface area contributed by atoms with E-state index in [2.05, 4.69) is 17.2 Å². The first-order chi connectivity index (χ1) is 11.6. The van der Waals surface area contributed by atoms with Gasteiger partial charge in [-0.05, 0) is 31.0 Å². The Balaban J connectivity index is 1.86. The summed E-state index contributed by atoms with van der Waals surface area (Å²) in [6, 6.07) is 13.3. The number of hydrogen-bond donors (Lipinski definition) is 1. The second kappa shape index (κ2) is 8.82. The van der Waals surface area contributed by atoms with Gasteiger partial charge in [0.2, 0.25) is 0 Å². The first kappa shape index (κ1) is 17.7. The molecule has 0 aliphatic heterocycles. The average molecular weight is 326 g/mol. The minimum atomic E-state index is -0.856. The Labute approximate surface area is 142 Å². The molecule has 0 spiro atoms. The second-order valence-corrected chi connectivity index (χ2v) is 5.55. The molecule has 5 nitrogen and oxygen atoms in total. The van der Waals surface area contributed by atoms with E-state index in [0.717, 1.165) is 6.42 Å². The van der Waals surface area contributed by atoms with Gasteiger partial charge in [0, 0.05) is 24.9 Å². The highest BCUT2D eigenvalue weighted by atomic mass is 16.5. The second-order valence-electron chi connectivity index (χ2n) is 5.55. The molecule has 0 radical (unpaired) electrons. The largest absolute Gasteiger partial charge is 0.449 e. The summed E-state index contributed by atoms with van der Waals surface area (Å²) in [6.07, 6.45) is 3.04. The number of pyridine rings is 1. The van der Waals surface area contributed by atoms with Gasteiger partial charge in [0.1, 0.15) is 0 Å². The highest BCUT2D eigenvalue weighted by Gasteiger charge is 2.20. The van der Waals surface area contributed by atoms with Crippen molar-refractivity contribution in [3.63, 3.8) is 0 Å². The van der Waals surface area contributed by atoms with Crippen molar-refractivity contribution in [2.75, 3.05) is 6.54 Å². The van der Waals surface area contributed by atoms with Crippen molar-refractivity contribution in [1.82, 2.24) is 10.3 Å². The molecule has 1 aromatic carbocycles. The van der Waals surface area contributed by atoms with Gasteiger partial charge in [-0.15, -0.1) is 0 Å². The van der Waals surface area contributed by atoms with Crippen LogP contribution in [-0.2, 0) is 9.53 Å². The Morgan fingerprint density at radius 3 is 2.54 bits per heavy atom. The molecule has 1 aromatic heterocycles. The number of benzene rings is 1.